The maximum Gasteiger partial charge on any atom is 0.292 e. The zero-order valence-electron chi connectivity index (χ0n) is 10.8. The first-order valence-electron chi connectivity index (χ1n) is 6.29. The standard InChI is InChI=1S/C13H19N3O2/c1-9(2)15(8-10-3-4-10)11-5-6-13(16(17)18)12(14)7-11/h5-7,9-10H,3-4,8,14H2,1-2H3. The molecule has 0 bridgehead atoms. The summed E-state index contributed by atoms with van der Waals surface area (Å²) in [5, 5.41) is 10.7. The number of anilines is 2. The van der Waals surface area contributed by atoms with Gasteiger partial charge in [-0.3, -0.25) is 10.1 Å². The average molecular weight is 249 g/mol. The molecule has 1 aromatic carbocycles. The zero-order valence-corrected chi connectivity index (χ0v) is 10.8. The highest BCUT2D eigenvalue weighted by molar-refractivity contribution is 5.66. The summed E-state index contributed by atoms with van der Waals surface area (Å²) in [4.78, 5) is 12.6. The van der Waals surface area contributed by atoms with E-state index in [1.54, 1.807) is 12.1 Å². The van der Waals surface area contributed by atoms with Gasteiger partial charge < -0.3 is 10.6 Å². The first-order valence-corrected chi connectivity index (χ1v) is 6.29. The Kier molecular flexibility index (Phi) is 3.41. The van der Waals surface area contributed by atoms with Crippen LogP contribution in [-0.4, -0.2) is 17.5 Å². The molecule has 1 saturated carbocycles. The molecule has 0 radical (unpaired) electrons. The van der Waals surface area contributed by atoms with E-state index in [9.17, 15) is 10.1 Å². The summed E-state index contributed by atoms with van der Waals surface area (Å²) in [6.45, 7) is 5.26. The van der Waals surface area contributed by atoms with Crippen LogP contribution in [0.1, 0.15) is 26.7 Å². The fourth-order valence-electron chi connectivity index (χ4n) is 2.08. The summed E-state index contributed by atoms with van der Waals surface area (Å²) >= 11 is 0. The normalized spacial score (nSPS) is 14.8. The Balaban J connectivity index is 2.24. The molecule has 2 rings (SSSR count). The first-order chi connectivity index (χ1) is 8.49. The molecule has 18 heavy (non-hydrogen) atoms. The number of hydrogen-bond acceptors (Lipinski definition) is 4. The fourth-order valence-corrected chi connectivity index (χ4v) is 2.08. The summed E-state index contributed by atoms with van der Waals surface area (Å²) < 4.78 is 0. The average Bonchev–Trinajstić information content (AvgIpc) is 3.08. The molecule has 0 aromatic heterocycles. The molecule has 0 amide bonds. The molecule has 0 aliphatic heterocycles. The lowest BCUT2D eigenvalue weighted by molar-refractivity contribution is -0.383. The third-order valence-electron chi connectivity index (χ3n) is 3.31. The quantitative estimate of drug-likeness (QED) is 0.494. The van der Waals surface area contributed by atoms with E-state index in [-0.39, 0.29) is 11.4 Å². The molecule has 0 saturated heterocycles. The summed E-state index contributed by atoms with van der Waals surface area (Å²) in [6.07, 6.45) is 2.57. The van der Waals surface area contributed by atoms with Crippen molar-refractivity contribution in [3.05, 3.63) is 28.3 Å². The van der Waals surface area contributed by atoms with E-state index in [2.05, 4.69) is 18.7 Å². The number of nitro groups is 1. The van der Waals surface area contributed by atoms with Crippen LogP contribution >= 0.6 is 0 Å². The smallest absolute Gasteiger partial charge is 0.292 e. The minimum absolute atomic E-state index is 0.0196. The molecular formula is C13H19N3O2. The van der Waals surface area contributed by atoms with E-state index >= 15 is 0 Å². The van der Waals surface area contributed by atoms with Crippen molar-refractivity contribution >= 4 is 17.1 Å². The molecule has 5 heteroatoms. The fraction of sp³-hybridized carbons (Fsp3) is 0.538. The van der Waals surface area contributed by atoms with E-state index in [0.29, 0.717) is 6.04 Å². The van der Waals surface area contributed by atoms with Crippen molar-refractivity contribution in [2.75, 3.05) is 17.2 Å². The van der Waals surface area contributed by atoms with Gasteiger partial charge in [-0.2, -0.15) is 0 Å². The molecule has 98 valence electrons. The molecule has 5 nitrogen and oxygen atoms in total. The van der Waals surface area contributed by atoms with Gasteiger partial charge in [0.1, 0.15) is 5.69 Å². The summed E-state index contributed by atoms with van der Waals surface area (Å²) in [6, 6.07) is 5.36. The van der Waals surface area contributed by atoms with Gasteiger partial charge in [0.2, 0.25) is 0 Å². The van der Waals surface area contributed by atoms with Crippen molar-refractivity contribution in [2.45, 2.75) is 32.7 Å². The Morgan fingerprint density at radius 2 is 2.17 bits per heavy atom. The molecular weight excluding hydrogens is 230 g/mol. The topological polar surface area (TPSA) is 72.4 Å². The van der Waals surface area contributed by atoms with Gasteiger partial charge in [-0.15, -0.1) is 0 Å². The van der Waals surface area contributed by atoms with Gasteiger partial charge in [0.05, 0.1) is 4.92 Å². The highest BCUT2D eigenvalue weighted by atomic mass is 16.6. The largest absolute Gasteiger partial charge is 0.393 e. The molecule has 1 aromatic rings. The number of rotatable bonds is 5. The van der Waals surface area contributed by atoms with Gasteiger partial charge in [0, 0.05) is 24.3 Å². The number of nitrogens with two attached hydrogens (primary N) is 1. The lowest BCUT2D eigenvalue weighted by atomic mass is 10.2. The van der Waals surface area contributed by atoms with Crippen LogP contribution in [0.5, 0.6) is 0 Å². The summed E-state index contributed by atoms with van der Waals surface area (Å²) in [5.41, 5.74) is 6.93. The van der Waals surface area contributed by atoms with Gasteiger partial charge >= 0.3 is 0 Å². The third kappa shape index (κ3) is 2.72. The minimum Gasteiger partial charge on any atom is -0.393 e. The number of nitrogen functional groups attached to an aromatic ring is 1. The highest BCUT2D eigenvalue weighted by Gasteiger charge is 2.26. The van der Waals surface area contributed by atoms with Crippen molar-refractivity contribution in [1.29, 1.82) is 0 Å². The maximum absolute atomic E-state index is 10.7. The Bertz CT molecular complexity index is 456. The van der Waals surface area contributed by atoms with E-state index in [4.69, 9.17) is 5.73 Å². The third-order valence-corrected chi connectivity index (χ3v) is 3.31. The second kappa shape index (κ2) is 4.84. The van der Waals surface area contributed by atoms with Crippen molar-refractivity contribution in [1.82, 2.24) is 0 Å². The number of nitro benzene ring substituents is 1. The van der Waals surface area contributed by atoms with Crippen LogP contribution in [-0.2, 0) is 0 Å². The van der Waals surface area contributed by atoms with Crippen molar-refractivity contribution in [3.8, 4) is 0 Å². The van der Waals surface area contributed by atoms with E-state index in [1.165, 1.54) is 18.9 Å². The van der Waals surface area contributed by atoms with Crippen LogP contribution in [0.2, 0.25) is 0 Å². The predicted molar refractivity (Wildman–Crippen MR) is 72.7 cm³/mol. The van der Waals surface area contributed by atoms with Crippen LogP contribution in [0.15, 0.2) is 18.2 Å². The van der Waals surface area contributed by atoms with Gasteiger partial charge in [-0.05, 0) is 44.7 Å². The van der Waals surface area contributed by atoms with Gasteiger partial charge in [-0.25, -0.2) is 0 Å². The Hall–Kier alpha value is -1.78. The van der Waals surface area contributed by atoms with Crippen molar-refractivity contribution in [3.63, 3.8) is 0 Å². The van der Waals surface area contributed by atoms with Gasteiger partial charge in [-0.1, -0.05) is 0 Å². The van der Waals surface area contributed by atoms with Crippen molar-refractivity contribution < 1.29 is 4.92 Å². The molecule has 1 fully saturated rings. The minimum atomic E-state index is -0.445. The number of hydrogen-bond donors (Lipinski definition) is 1. The van der Waals surface area contributed by atoms with E-state index < -0.39 is 4.92 Å². The van der Waals surface area contributed by atoms with Gasteiger partial charge in [0.15, 0.2) is 0 Å². The Morgan fingerprint density at radius 1 is 1.50 bits per heavy atom. The second-order valence-electron chi connectivity index (χ2n) is 5.19. The summed E-state index contributed by atoms with van der Waals surface area (Å²) in [5.74, 6) is 0.767. The second-order valence-corrected chi connectivity index (χ2v) is 5.19. The molecule has 1 aliphatic carbocycles. The van der Waals surface area contributed by atoms with Crippen LogP contribution in [0.25, 0.3) is 0 Å². The van der Waals surface area contributed by atoms with Crippen LogP contribution in [0.3, 0.4) is 0 Å². The molecule has 0 heterocycles. The van der Waals surface area contributed by atoms with Gasteiger partial charge in [0.25, 0.3) is 5.69 Å². The van der Waals surface area contributed by atoms with Crippen LogP contribution in [0.4, 0.5) is 17.1 Å². The lowest BCUT2D eigenvalue weighted by Crippen LogP contribution is -2.32. The molecule has 0 spiro atoms. The number of nitrogens with zero attached hydrogens (tertiary/aromatic N) is 2. The lowest BCUT2D eigenvalue weighted by Gasteiger charge is -2.29. The molecule has 1 aliphatic rings. The Morgan fingerprint density at radius 3 is 2.61 bits per heavy atom. The summed E-state index contributed by atoms with van der Waals surface area (Å²) in [7, 11) is 0. The van der Waals surface area contributed by atoms with Crippen molar-refractivity contribution in [2.24, 2.45) is 5.92 Å². The monoisotopic (exact) mass is 249 g/mol. The van der Waals surface area contributed by atoms with E-state index in [1.807, 2.05) is 0 Å². The number of benzene rings is 1. The van der Waals surface area contributed by atoms with Crippen LogP contribution in [0, 0.1) is 16.0 Å². The molecule has 0 unspecified atom stereocenters. The molecule has 2 N–H and O–H groups in total. The first kappa shape index (κ1) is 12.7. The highest BCUT2D eigenvalue weighted by Crippen LogP contribution is 2.34. The zero-order chi connectivity index (χ0) is 13.3. The molecule has 0 atom stereocenters. The van der Waals surface area contributed by atoms with Crippen LogP contribution < -0.4 is 10.6 Å². The maximum atomic E-state index is 10.7. The van der Waals surface area contributed by atoms with E-state index in [0.717, 1.165) is 18.2 Å². The Labute approximate surface area is 107 Å². The SMILES string of the molecule is CC(C)N(CC1CC1)c1ccc([N+](=O)[O-])c(N)c1. The predicted octanol–water partition coefficient (Wildman–Crippen LogP) is 2.80.